The Morgan fingerprint density at radius 2 is 1.80 bits per heavy atom. The number of carbonyl (C=O) groups is 1. The molecule has 0 amide bonds. The fourth-order valence-corrected chi connectivity index (χ4v) is 3.08. The number of benzene rings is 2. The molecule has 0 fully saturated rings. The van der Waals surface area contributed by atoms with E-state index < -0.39 is 5.63 Å². The van der Waals surface area contributed by atoms with Gasteiger partial charge in [-0.2, -0.15) is 0 Å². The van der Waals surface area contributed by atoms with Crippen LogP contribution >= 0.6 is 0 Å². The Balaban J connectivity index is 2.11. The molecule has 0 unspecified atom stereocenters. The van der Waals surface area contributed by atoms with E-state index in [1.54, 1.807) is 12.1 Å². The summed E-state index contributed by atoms with van der Waals surface area (Å²) in [7, 11) is 0. The summed E-state index contributed by atoms with van der Waals surface area (Å²) in [6.07, 6.45) is 0.483. The molecule has 0 aliphatic rings. The first-order chi connectivity index (χ1) is 12.0. The molecular formula is C19H14O6. The van der Waals surface area contributed by atoms with E-state index in [0.29, 0.717) is 27.5 Å². The van der Waals surface area contributed by atoms with Crippen LogP contribution in [0.15, 0.2) is 44.0 Å². The number of ketones is 1. The second kappa shape index (κ2) is 5.37. The SMILES string of the molecule is CC(=O)CCc1c(O)ccc2c1oc(=O)c1c3ccc(O)cc3oc21. The average molecular weight is 338 g/mol. The molecule has 25 heavy (non-hydrogen) atoms. The summed E-state index contributed by atoms with van der Waals surface area (Å²) in [4.78, 5) is 23.8. The van der Waals surface area contributed by atoms with Gasteiger partial charge in [-0.15, -0.1) is 0 Å². The fraction of sp³-hybridized carbons (Fsp3) is 0.158. The zero-order valence-corrected chi connectivity index (χ0v) is 13.3. The van der Waals surface area contributed by atoms with Crippen LogP contribution in [-0.2, 0) is 11.2 Å². The van der Waals surface area contributed by atoms with Crippen molar-refractivity contribution in [2.24, 2.45) is 0 Å². The number of phenols is 2. The van der Waals surface area contributed by atoms with Gasteiger partial charge in [0, 0.05) is 23.4 Å². The summed E-state index contributed by atoms with van der Waals surface area (Å²) < 4.78 is 11.2. The molecule has 6 nitrogen and oxygen atoms in total. The summed E-state index contributed by atoms with van der Waals surface area (Å²) in [6, 6.07) is 7.58. The first kappa shape index (κ1) is 15.3. The Bertz CT molecular complexity index is 1210. The Hall–Kier alpha value is -3.28. The number of aryl methyl sites for hydroxylation is 1. The Morgan fingerprint density at radius 3 is 2.56 bits per heavy atom. The Morgan fingerprint density at radius 1 is 1.04 bits per heavy atom. The maximum atomic E-state index is 12.5. The molecule has 2 aromatic carbocycles. The van der Waals surface area contributed by atoms with Gasteiger partial charge in [-0.3, -0.25) is 0 Å². The number of aromatic hydroxyl groups is 2. The lowest BCUT2D eigenvalue weighted by Gasteiger charge is -2.07. The normalized spacial score (nSPS) is 11.6. The first-order valence-electron chi connectivity index (χ1n) is 7.78. The molecule has 2 aromatic heterocycles. The minimum absolute atomic E-state index is 0.0278. The number of phenolic OH excluding ortho intramolecular Hbond substituents is 2. The standard InChI is InChI=1S/C19H14O6/c1-9(20)2-4-11-14(22)7-6-13-17(11)25-19(23)16-12-5-3-10(21)8-15(12)24-18(13)16/h3,5-8,21-22H,2,4H2,1H3. The van der Waals surface area contributed by atoms with Gasteiger partial charge in [0.2, 0.25) is 0 Å². The average Bonchev–Trinajstić information content (AvgIpc) is 2.92. The third-order valence-electron chi connectivity index (χ3n) is 4.28. The summed E-state index contributed by atoms with van der Waals surface area (Å²) in [5, 5.41) is 21.1. The van der Waals surface area contributed by atoms with Crippen LogP contribution in [0.4, 0.5) is 0 Å². The van der Waals surface area contributed by atoms with Crippen molar-refractivity contribution in [3.63, 3.8) is 0 Å². The fourth-order valence-electron chi connectivity index (χ4n) is 3.08. The number of hydrogen-bond acceptors (Lipinski definition) is 6. The molecule has 0 aliphatic carbocycles. The summed E-state index contributed by atoms with van der Waals surface area (Å²) in [5.41, 5.74) is 0.711. The number of hydrogen-bond donors (Lipinski definition) is 2. The smallest absolute Gasteiger partial charge is 0.348 e. The number of fused-ring (bicyclic) bond motifs is 5. The van der Waals surface area contributed by atoms with Gasteiger partial charge in [0.15, 0.2) is 5.58 Å². The van der Waals surface area contributed by atoms with E-state index in [2.05, 4.69) is 0 Å². The lowest BCUT2D eigenvalue weighted by molar-refractivity contribution is -0.116. The Kier molecular flexibility index (Phi) is 3.28. The second-order valence-electron chi connectivity index (χ2n) is 6.02. The van der Waals surface area contributed by atoms with Gasteiger partial charge in [0.05, 0.1) is 5.39 Å². The van der Waals surface area contributed by atoms with Crippen LogP contribution in [-0.4, -0.2) is 16.0 Å². The molecule has 4 aromatic rings. The largest absolute Gasteiger partial charge is 0.508 e. The van der Waals surface area contributed by atoms with Crippen LogP contribution in [0.2, 0.25) is 0 Å². The zero-order valence-electron chi connectivity index (χ0n) is 13.3. The van der Waals surface area contributed by atoms with E-state index in [0.717, 1.165) is 0 Å². The van der Waals surface area contributed by atoms with Gasteiger partial charge in [-0.05, 0) is 37.6 Å². The molecule has 0 spiro atoms. The second-order valence-corrected chi connectivity index (χ2v) is 6.02. The van der Waals surface area contributed by atoms with E-state index in [9.17, 15) is 19.8 Å². The van der Waals surface area contributed by atoms with Crippen molar-refractivity contribution in [1.29, 1.82) is 0 Å². The number of rotatable bonds is 3. The highest BCUT2D eigenvalue weighted by atomic mass is 16.4. The highest BCUT2D eigenvalue weighted by Crippen LogP contribution is 2.36. The summed E-state index contributed by atoms with van der Waals surface area (Å²) >= 11 is 0. The van der Waals surface area contributed by atoms with Crippen molar-refractivity contribution < 1.29 is 23.8 Å². The highest BCUT2D eigenvalue weighted by Gasteiger charge is 2.19. The van der Waals surface area contributed by atoms with Crippen LogP contribution in [0, 0.1) is 0 Å². The van der Waals surface area contributed by atoms with Crippen LogP contribution < -0.4 is 5.63 Å². The topological polar surface area (TPSA) is 101 Å². The van der Waals surface area contributed by atoms with E-state index in [1.165, 1.54) is 25.1 Å². The van der Waals surface area contributed by atoms with E-state index in [4.69, 9.17) is 8.83 Å². The predicted molar refractivity (Wildman–Crippen MR) is 92.1 cm³/mol. The molecule has 126 valence electrons. The molecule has 2 N–H and O–H groups in total. The van der Waals surface area contributed by atoms with Gasteiger partial charge >= 0.3 is 5.63 Å². The van der Waals surface area contributed by atoms with Crippen molar-refractivity contribution >= 4 is 38.7 Å². The molecule has 0 bridgehead atoms. The number of furan rings is 1. The number of Topliss-reactive ketones (excluding diaryl/α,β-unsaturated/α-hetero) is 1. The third-order valence-corrected chi connectivity index (χ3v) is 4.28. The van der Waals surface area contributed by atoms with Crippen LogP contribution in [0.1, 0.15) is 18.9 Å². The molecule has 4 rings (SSSR count). The van der Waals surface area contributed by atoms with Gasteiger partial charge in [-0.25, -0.2) is 4.79 Å². The van der Waals surface area contributed by atoms with Crippen molar-refractivity contribution in [3.8, 4) is 11.5 Å². The molecule has 2 heterocycles. The van der Waals surface area contributed by atoms with E-state index in [1.807, 2.05) is 0 Å². The van der Waals surface area contributed by atoms with Crippen LogP contribution in [0.3, 0.4) is 0 Å². The maximum absolute atomic E-state index is 12.5. The van der Waals surface area contributed by atoms with Gasteiger partial charge in [0.25, 0.3) is 0 Å². The van der Waals surface area contributed by atoms with E-state index in [-0.39, 0.29) is 41.1 Å². The highest BCUT2D eigenvalue weighted by molar-refractivity contribution is 6.13. The van der Waals surface area contributed by atoms with Gasteiger partial charge < -0.3 is 23.8 Å². The molecule has 0 saturated heterocycles. The monoisotopic (exact) mass is 338 g/mol. The lowest BCUT2D eigenvalue weighted by Crippen LogP contribution is -2.01. The quantitative estimate of drug-likeness (QED) is 0.553. The van der Waals surface area contributed by atoms with Gasteiger partial charge in [0.1, 0.15) is 33.8 Å². The predicted octanol–water partition coefficient (Wildman–Crippen LogP) is 3.63. The minimum atomic E-state index is -0.596. The molecule has 0 radical (unpaired) electrons. The minimum Gasteiger partial charge on any atom is -0.508 e. The van der Waals surface area contributed by atoms with Crippen molar-refractivity contribution in [2.45, 2.75) is 19.8 Å². The summed E-state index contributed by atoms with van der Waals surface area (Å²) in [6.45, 7) is 1.46. The molecule has 0 aliphatic heterocycles. The summed E-state index contributed by atoms with van der Waals surface area (Å²) in [5.74, 6) is -0.0379. The maximum Gasteiger partial charge on any atom is 0.348 e. The third kappa shape index (κ3) is 2.34. The lowest BCUT2D eigenvalue weighted by atomic mass is 10.0. The van der Waals surface area contributed by atoms with E-state index >= 15 is 0 Å². The number of carbonyl (C=O) groups excluding carboxylic acids is 1. The first-order valence-corrected chi connectivity index (χ1v) is 7.78. The van der Waals surface area contributed by atoms with Crippen molar-refractivity contribution in [1.82, 2.24) is 0 Å². The molecule has 6 heteroatoms. The van der Waals surface area contributed by atoms with Crippen molar-refractivity contribution in [2.75, 3.05) is 0 Å². The van der Waals surface area contributed by atoms with Crippen LogP contribution in [0.25, 0.3) is 32.9 Å². The molecular weight excluding hydrogens is 324 g/mol. The molecule has 0 atom stereocenters. The zero-order chi connectivity index (χ0) is 17.7. The van der Waals surface area contributed by atoms with Crippen LogP contribution in [0.5, 0.6) is 11.5 Å². The Labute approximate surface area is 140 Å². The molecule has 0 saturated carbocycles. The van der Waals surface area contributed by atoms with Crippen molar-refractivity contribution in [3.05, 3.63) is 46.3 Å². The van der Waals surface area contributed by atoms with Gasteiger partial charge in [-0.1, -0.05) is 0 Å².